The van der Waals surface area contributed by atoms with Gasteiger partial charge in [0.05, 0.1) is 0 Å². The molecule has 0 N–H and O–H groups in total. The van der Waals surface area contributed by atoms with Crippen LogP contribution in [0.25, 0.3) is 0 Å². The van der Waals surface area contributed by atoms with Crippen molar-refractivity contribution < 1.29 is 14.4 Å². The molecule has 0 spiro atoms. The highest BCUT2D eigenvalue weighted by atomic mass is 16.2. The molecular formula is C23H27N3O3. The molecule has 3 rings (SSSR count). The normalized spacial score (nSPS) is 14.0. The number of nitrogens with zero attached hydrogens (tertiary/aromatic N) is 3. The maximum absolute atomic E-state index is 13.2. The molecule has 1 aliphatic heterocycles. The van der Waals surface area contributed by atoms with Crippen LogP contribution in [0.5, 0.6) is 0 Å². The predicted molar refractivity (Wildman–Crippen MR) is 111 cm³/mol. The first-order valence-corrected chi connectivity index (χ1v) is 9.93. The Morgan fingerprint density at radius 3 is 2.24 bits per heavy atom. The Morgan fingerprint density at radius 1 is 0.966 bits per heavy atom. The third kappa shape index (κ3) is 5.02. The first-order valence-electron chi connectivity index (χ1n) is 9.93. The molecule has 1 aliphatic rings. The minimum absolute atomic E-state index is 0.0264. The van der Waals surface area contributed by atoms with Crippen molar-refractivity contribution in [3.05, 3.63) is 71.3 Å². The number of carbonyl (C=O) groups is 3. The average Bonchev–Trinajstić information content (AvgIpc) is 2.77. The van der Waals surface area contributed by atoms with Gasteiger partial charge >= 0.3 is 0 Å². The van der Waals surface area contributed by atoms with Crippen molar-refractivity contribution >= 4 is 18.2 Å². The molecule has 2 aromatic rings. The van der Waals surface area contributed by atoms with Crippen LogP contribution in [0.1, 0.15) is 40.1 Å². The number of benzene rings is 2. The SMILES string of the molecule is CC(C)N(Cc1ccccc1)C(=O)c1cccc(C(=O)N2CCN(C=O)CC2)c1. The second-order valence-corrected chi connectivity index (χ2v) is 7.53. The van der Waals surface area contributed by atoms with Gasteiger partial charge < -0.3 is 14.7 Å². The summed E-state index contributed by atoms with van der Waals surface area (Å²) in [5, 5.41) is 0. The molecule has 1 fully saturated rings. The van der Waals surface area contributed by atoms with E-state index in [4.69, 9.17) is 0 Å². The summed E-state index contributed by atoms with van der Waals surface area (Å²) in [5.74, 6) is -0.200. The molecular weight excluding hydrogens is 366 g/mol. The summed E-state index contributed by atoms with van der Waals surface area (Å²) in [4.78, 5) is 42.1. The van der Waals surface area contributed by atoms with Crippen LogP contribution in [-0.4, -0.2) is 65.1 Å². The third-order valence-corrected chi connectivity index (χ3v) is 5.19. The molecule has 29 heavy (non-hydrogen) atoms. The summed E-state index contributed by atoms with van der Waals surface area (Å²) in [6, 6.07) is 16.8. The number of hydrogen-bond acceptors (Lipinski definition) is 3. The zero-order chi connectivity index (χ0) is 20.8. The smallest absolute Gasteiger partial charge is 0.254 e. The van der Waals surface area contributed by atoms with Crippen LogP contribution in [0.15, 0.2) is 54.6 Å². The molecule has 1 saturated heterocycles. The van der Waals surface area contributed by atoms with Crippen LogP contribution in [0, 0.1) is 0 Å². The summed E-state index contributed by atoms with van der Waals surface area (Å²) < 4.78 is 0. The van der Waals surface area contributed by atoms with Gasteiger partial charge in [0.25, 0.3) is 11.8 Å². The van der Waals surface area contributed by atoms with E-state index in [2.05, 4.69) is 0 Å². The van der Waals surface area contributed by atoms with E-state index in [1.807, 2.05) is 49.1 Å². The molecule has 0 aromatic heterocycles. The fraction of sp³-hybridized carbons (Fsp3) is 0.348. The lowest BCUT2D eigenvalue weighted by Gasteiger charge is -2.32. The van der Waals surface area contributed by atoms with E-state index in [1.54, 1.807) is 34.1 Å². The van der Waals surface area contributed by atoms with Crippen molar-refractivity contribution in [3.8, 4) is 0 Å². The van der Waals surface area contributed by atoms with E-state index >= 15 is 0 Å². The monoisotopic (exact) mass is 393 g/mol. The lowest BCUT2D eigenvalue weighted by atomic mass is 10.1. The van der Waals surface area contributed by atoms with Gasteiger partial charge in [-0.25, -0.2) is 0 Å². The van der Waals surface area contributed by atoms with Crippen molar-refractivity contribution in [2.24, 2.45) is 0 Å². The summed E-state index contributed by atoms with van der Waals surface area (Å²) in [5.41, 5.74) is 2.07. The van der Waals surface area contributed by atoms with E-state index in [1.165, 1.54) is 0 Å². The van der Waals surface area contributed by atoms with Crippen LogP contribution >= 0.6 is 0 Å². The third-order valence-electron chi connectivity index (χ3n) is 5.19. The molecule has 0 atom stereocenters. The molecule has 6 nitrogen and oxygen atoms in total. The highest BCUT2D eigenvalue weighted by molar-refractivity contribution is 5.99. The van der Waals surface area contributed by atoms with Gasteiger partial charge in [-0.1, -0.05) is 36.4 Å². The maximum atomic E-state index is 13.2. The second kappa shape index (κ2) is 9.37. The summed E-state index contributed by atoms with van der Waals surface area (Å²) >= 11 is 0. The molecule has 0 radical (unpaired) electrons. The van der Waals surface area contributed by atoms with Gasteiger partial charge in [-0.3, -0.25) is 14.4 Å². The van der Waals surface area contributed by atoms with E-state index in [9.17, 15) is 14.4 Å². The predicted octanol–water partition coefficient (Wildman–Crippen LogP) is 2.65. The Hall–Kier alpha value is -3.15. The zero-order valence-electron chi connectivity index (χ0n) is 17.0. The van der Waals surface area contributed by atoms with E-state index < -0.39 is 0 Å². The molecule has 0 saturated carbocycles. The van der Waals surface area contributed by atoms with E-state index in [-0.39, 0.29) is 17.9 Å². The lowest BCUT2D eigenvalue weighted by Crippen LogP contribution is -2.48. The largest absolute Gasteiger partial charge is 0.342 e. The van der Waals surface area contributed by atoms with Crippen LogP contribution in [0.3, 0.4) is 0 Å². The maximum Gasteiger partial charge on any atom is 0.254 e. The standard InChI is InChI=1S/C23H27N3O3/c1-18(2)26(16-19-7-4-3-5-8-19)23(29)21-10-6-9-20(15-21)22(28)25-13-11-24(17-27)12-14-25/h3-10,15,17-18H,11-14,16H2,1-2H3. The van der Waals surface area contributed by atoms with Gasteiger partial charge in [0.2, 0.25) is 6.41 Å². The Labute approximate surface area is 171 Å². The van der Waals surface area contributed by atoms with Crippen LogP contribution in [0.2, 0.25) is 0 Å². The first kappa shape index (κ1) is 20.6. The summed E-state index contributed by atoms with van der Waals surface area (Å²) in [7, 11) is 0. The average molecular weight is 393 g/mol. The van der Waals surface area contributed by atoms with Crippen molar-refractivity contribution in [1.82, 2.24) is 14.7 Å². The lowest BCUT2D eigenvalue weighted by molar-refractivity contribution is -0.119. The molecule has 0 unspecified atom stereocenters. The fourth-order valence-electron chi connectivity index (χ4n) is 3.43. The van der Waals surface area contributed by atoms with E-state index in [0.717, 1.165) is 12.0 Å². The molecule has 0 bridgehead atoms. The number of amides is 3. The molecule has 2 aromatic carbocycles. The summed E-state index contributed by atoms with van der Waals surface area (Å²) in [6.07, 6.45) is 0.814. The molecule has 1 heterocycles. The van der Waals surface area contributed by atoms with Crippen LogP contribution in [-0.2, 0) is 11.3 Å². The molecule has 0 aliphatic carbocycles. The Balaban J connectivity index is 1.75. The van der Waals surface area contributed by atoms with Crippen molar-refractivity contribution in [2.45, 2.75) is 26.4 Å². The fourth-order valence-corrected chi connectivity index (χ4v) is 3.43. The Kier molecular flexibility index (Phi) is 6.65. The minimum atomic E-state index is -0.107. The van der Waals surface area contributed by atoms with Crippen molar-refractivity contribution in [1.29, 1.82) is 0 Å². The van der Waals surface area contributed by atoms with Crippen LogP contribution in [0.4, 0.5) is 0 Å². The van der Waals surface area contributed by atoms with E-state index in [0.29, 0.717) is 43.9 Å². The number of piperazine rings is 1. The highest BCUT2D eigenvalue weighted by Crippen LogP contribution is 2.16. The Bertz CT molecular complexity index is 859. The molecule has 3 amide bonds. The molecule has 152 valence electrons. The highest BCUT2D eigenvalue weighted by Gasteiger charge is 2.24. The van der Waals surface area contributed by atoms with Crippen molar-refractivity contribution in [3.63, 3.8) is 0 Å². The zero-order valence-corrected chi connectivity index (χ0v) is 17.0. The summed E-state index contributed by atoms with van der Waals surface area (Å²) in [6.45, 7) is 6.57. The van der Waals surface area contributed by atoms with Gasteiger partial charge in [-0.2, -0.15) is 0 Å². The number of hydrogen-bond donors (Lipinski definition) is 0. The van der Waals surface area contributed by atoms with Gasteiger partial charge in [0.15, 0.2) is 0 Å². The quantitative estimate of drug-likeness (QED) is 0.709. The van der Waals surface area contributed by atoms with Crippen molar-refractivity contribution in [2.75, 3.05) is 26.2 Å². The van der Waals surface area contributed by atoms with Gasteiger partial charge in [0, 0.05) is 49.9 Å². The van der Waals surface area contributed by atoms with Gasteiger partial charge in [-0.05, 0) is 37.6 Å². The van der Waals surface area contributed by atoms with Crippen LogP contribution < -0.4 is 0 Å². The topological polar surface area (TPSA) is 60.9 Å². The second-order valence-electron chi connectivity index (χ2n) is 7.53. The first-order chi connectivity index (χ1) is 14.0. The Morgan fingerprint density at radius 2 is 1.62 bits per heavy atom. The minimum Gasteiger partial charge on any atom is -0.342 e. The molecule has 6 heteroatoms. The van der Waals surface area contributed by atoms with Gasteiger partial charge in [-0.15, -0.1) is 0 Å². The number of rotatable bonds is 6. The number of carbonyl (C=O) groups excluding carboxylic acids is 3. The van der Waals surface area contributed by atoms with Gasteiger partial charge in [0.1, 0.15) is 0 Å².